The molecule has 1 saturated heterocycles. The van der Waals surface area contributed by atoms with E-state index in [0.29, 0.717) is 6.04 Å². The molecule has 0 aromatic carbocycles. The molecule has 78 valence electrons. The van der Waals surface area contributed by atoms with E-state index >= 15 is 0 Å². The molecule has 1 aliphatic rings. The van der Waals surface area contributed by atoms with Gasteiger partial charge in [-0.15, -0.1) is 0 Å². The van der Waals surface area contributed by atoms with Crippen LogP contribution >= 0.6 is 0 Å². The molecule has 1 heterocycles. The van der Waals surface area contributed by atoms with E-state index in [1.807, 2.05) is 0 Å². The lowest BCUT2D eigenvalue weighted by molar-refractivity contribution is 0.116. The standard InChI is InChI=1S/C10H22N2O/c1-9(11)10-3-5-12(6-4-10)7-8-13-2/h9-10H,3-8,11H2,1-2H3. The number of nitrogens with two attached hydrogens (primary N) is 1. The van der Waals surface area contributed by atoms with E-state index in [4.69, 9.17) is 10.5 Å². The zero-order valence-corrected chi connectivity index (χ0v) is 8.83. The fourth-order valence-electron chi connectivity index (χ4n) is 1.92. The summed E-state index contributed by atoms with van der Waals surface area (Å²) in [4.78, 5) is 2.46. The zero-order chi connectivity index (χ0) is 9.68. The number of nitrogens with zero attached hydrogens (tertiary/aromatic N) is 1. The minimum Gasteiger partial charge on any atom is -0.383 e. The summed E-state index contributed by atoms with van der Waals surface area (Å²) in [6, 6.07) is 0.365. The van der Waals surface area contributed by atoms with Crippen LogP contribution in [0.4, 0.5) is 0 Å². The van der Waals surface area contributed by atoms with Crippen molar-refractivity contribution in [1.82, 2.24) is 4.90 Å². The van der Waals surface area contributed by atoms with Gasteiger partial charge < -0.3 is 15.4 Å². The Kier molecular flexibility index (Phi) is 4.70. The number of hydrogen-bond acceptors (Lipinski definition) is 3. The van der Waals surface area contributed by atoms with Crippen LogP contribution in [-0.2, 0) is 4.74 Å². The Balaban J connectivity index is 2.15. The van der Waals surface area contributed by atoms with Crippen molar-refractivity contribution in [3.63, 3.8) is 0 Å². The van der Waals surface area contributed by atoms with E-state index in [9.17, 15) is 0 Å². The molecule has 0 bridgehead atoms. The number of hydrogen-bond donors (Lipinski definition) is 1. The maximum atomic E-state index is 5.87. The van der Waals surface area contributed by atoms with E-state index in [-0.39, 0.29) is 0 Å². The fourth-order valence-corrected chi connectivity index (χ4v) is 1.92. The molecule has 0 aliphatic carbocycles. The number of methoxy groups -OCH3 is 1. The SMILES string of the molecule is COCCN1CCC(C(C)N)CC1. The molecule has 0 aromatic rings. The van der Waals surface area contributed by atoms with Crippen LogP contribution < -0.4 is 5.73 Å². The average molecular weight is 186 g/mol. The molecule has 1 unspecified atom stereocenters. The van der Waals surface area contributed by atoms with E-state index in [1.54, 1.807) is 7.11 Å². The van der Waals surface area contributed by atoms with Gasteiger partial charge in [0.25, 0.3) is 0 Å². The molecular weight excluding hydrogens is 164 g/mol. The van der Waals surface area contributed by atoms with Gasteiger partial charge in [0, 0.05) is 19.7 Å². The van der Waals surface area contributed by atoms with Gasteiger partial charge in [0.05, 0.1) is 6.61 Å². The van der Waals surface area contributed by atoms with E-state index < -0.39 is 0 Å². The summed E-state index contributed by atoms with van der Waals surface area (Å²) in [5, 5.41) is 0. The van der Waals surface area contributed by atoms with Gasteiger partial charge in [0.2, 0.25) is 0 Å². The van der Waals surface area contributed by atoms with Gasteiger partial charge in [-0.3, -0.25) is 0 Å². The van der Waals surface area contributed by atoms with Crippen LogP contribution in [0, 0.1) is 5.92 Å². The van der Waals surface area contributed by atoms with Gasteiger partial charge in [-0.2, -0.15) is 0 Å². The second-order valence-corrected chi connectivity index (χ2v) is 4.03. The van der Waals surface area contributed by atoms with E-state index in [1.165, 1.54) is 25.9 Å². The summed E-state index contributed by atoms with van der Waals surface area (Å²) in [7, 11) is 1.76. The van der Waals surface area contributed by atoms with Gasteiger partial charge in [-0.05, 0) is 38.8 Å². The summed E-state index contributed by atoms with van der Waals surface area (Å²) < 4.78 is 5.05. The Bertz CT molecular complexity index is 131. The predicted octanol–water partition coefficient (Wildman–Crippen LogP) is 0.692. The number of rotatable bonds is 4. The number of ether oxygens (including phenoxy) is 1. The van der Waals surface area contributed by atoms with Crippen molar-refractivity contribution in [3.05, 3.63) is 0 Å². The van der Waals surface area contributed by atoms with Gasteiger partial charge >= 0.3 is 0 Å². The van der Waals surface area contributed by atoms with Crippen molar-refractivity contribution in [2.75, 3.05) is 33.4 Å². The Labute approximate surface area is 81.2 Å². The molecule has 3 nitrogen and oxygen atoms in total. The molecule has 0 radical (unpaired) electrons. The molecule has 1 fully saturated rings. The van der Waals surface area contributed by atoms with Crippen LogP contribution in [0.1, 0.15) is 19.8 Å². The Morgan fingerprint density at radius 3 is 2.54 bits per heavy atom. The van der Waals surface area contributed by atoms with Crippen LogP contribution in [-0.4, -0.2) is 44.3 Å². The highest BCUT2D eigenvalue weighted by Gasteiger charge is 2.21. The molecular formula is C10H22N2O. The lowest BCUT2D eigenvalue weighted by atomic mass is 9.91. The first-order valence-corrected chi connectivity index (χ1v) is 5.21. The maximum absolute atomic E-state index is 5.87. The monoisotopic (exact) mass is 186 g/mol. The fraction of sp³-hybridized carbons (Fsp3) is 1.00. The minimum absolute atomic E-state index is 0.365. The van der Waals surface area contributed by atoms with Crippen molar-refractivity contribution in [2.24, 2.45) is 11.7 Å². The topological polar surface area (TPSA) is 38.5 Å². The van der Waals surface area contributed by atoms with Gasteiger partial charge in [0.15, 0.2) is 0 Å². The van der Waals surface area contributed by atoms with Crippen molar-refractivity contribution < 1.29 is 4.74 Å². The highest BCUT2D eigenvalue weighted by Crippen LogP contribution is 2.18. The molecule has 1 atom stereocenters. The maximum Gasteiger partial charge on any atom is 0.0589 e. The lowest BCUT2D eigenvalue weighted by Crippen LogP contribution is -2.40. The predicted molar refractivity (Wildman–Crippen MR) is 54.7 cm³/mol. The quantitative estimate of drug-likeness (QED) is 0.702. The first-order valence-electron chi connectivity index (χ1n) is 5.21. The third-order valence-electron chi connectivity index (χ3n) is 2.99. The molecule has 0 amide bonds. The molecule has 1 aliphatic heterocycles. The molecule has 3 heteroatoms. The van der Waals surface area contributed by atoms with Crippen LogP contribution in [0.5, 0.6) is 0 Å². The summed E-state index contributed by atoms with van der Waals surface area (Å²) in [5.74, 6) is 0.735. The summed E-state index contributed by atoms with van der Waals surface area (Å²) in [6.45, 7) is 6.42. The highest BCUT2D eigenvalue weighted by atomic mass is 16.5. The Hall–Kier alpha value is -0.120. The largest absolute Gasteiger partial charge is 0.383 e. The van der Waals surface area contributed by atoms with Gasteiger partial charge in [0.1, 0.15) is 0 Å². The number of piperidine rings is 1. The first-order chi connectivity index (χ1) is 6.24. The number of likely N-dealkylation sites (tertiary alicyclic amines) is 1. The van der Waals surface area contributed by atoms with Crippen molar-refractivity contribution in [1.29, 1.82) is 0 Å². The third kappa shape index (κ3) is 3.63. The first kappa shape index (κ1) is 11.0. The molecule has 2 N–H and O–H groups in total. The Morgan fingerprint density at radius 1 is 1.46 bits per heavy atom. The molecule has 13 heavy (non-hydrogen) atoms. The molecule has 0 spiro atoms. The third-order valence-corrected chi connectivity index (χ3v) is 2.99. The Morgan fingerprint density at radius 2 is 2.08 bits per heavy atom. The summed E-state index contributed by atoms with van der Waals surface area (Å²) >= 11 is 0. The lowest BCUT2D eigenvalue weighted by Gasteiger charge is -2.33. The van der Waals surface area contributed by atoms with E-state index in [2.05, 4.69) is 11.8 Å². The van der Waals surface area contributed by atoms with Crippen LogP contribution in [0.25, 0.3) is 0 Å². The van der Waals surface area contributed by atoms with Gasteiger partial charge in [-0.25, -0.2) is 0 Å². The average Bonchev–Trinajstić information content (AvgIpc) is 2.15. The normalized spacial score (nSPS) is 23.3. The van der Waals surface area contributed by atoms with Crippen molar-refractivity contribution >= 4 is 0 Å². The summed E-state index contributed by atoms with van der Waals surface area (Å²) in [5.41, 5.74) is 5.87. The smallest absolute Gasteiger partial charge is 0.0589 e. The molecule has 0 aromatic heterocycles. The van der Waals surface area contributed by atoms with Crippen LogP contribution in [0.3, 0.4) is 0 Å². The molecule has 1 rings (SSSR count). The summed E-state index contributed by atoms with van der Waals surface area (Å²) in [6.07, 6.45) is 2.50. The highest BCUT2D eigenvalue weighted by molar-refractivity contribution is 4.77. The van der Waals surface area contributed by atoms with E-state index in [0.717, 1.165) is 19.1 Å². The van der Waals surface area contributed by atoms with Crippen molar-refractivity contribution in [3.8, 4) is 0 Å². The zero-order valence-electron chi connectivity index (χ0n) is 8.83. The molecule has 0 saturated carbocycles. The second kappa shape index (κ2) is 5.58. The van der Waals surface area contributed by atoms with Gasteiger partial charge in [-0.1, -0.05) is 0 Å². The minimum atomic E-state index is 0.365. The van der Waals surface area contributed by atoms with Crippen LogP contribution in [0.15, 0.2) is 0 Å². The van der Waals surface area contributed by atoms with Crippen molar-refractivity contribution in [2.45, 2.75) is 25.8 Å². The second-order valence-electron chi connectivity index (χ2n) is 4.03. The van der Waals surface area contributed by atoms with Crippen LogP contribution in [0.2, 0.25) is 0 Å².